The molecule has 0 bridgehead atoms. The average molecular weight is 443 g/mol. The molecule has 0 spiro atoms. The van der Waals surface area contributed by atoms with Gasteiger partial charge in [-0.1, -0.05) is 18.2 Å². The molecular formula is C21H20F3N7O. The molecule has 0 fully saturated rings. The van der Waals surface area contributed by atoms with Crippen LogP contribution in [0.25, 0.3) is 16.7 Å². The molecule has 0 radical (unpaired) electrons. The summed E-state index contributed by atoms with van der Waals surface area (Å²) >= 11 is 0. The molecule has 3 aromatic heterocycles. The van der Waals surface area contributed by atoms with Crippen molar-refractivity contribution in [2.24, 2.45) is 7.05 Å². The molecule has 0 aliphatic heterocycles. The van der Waals surface area contributed by atoms with Crippen molar-refractivity contribution in [3.05, 3.63) is 69.0 Å². The van der Waals surface area contributed by atoms with Gasteiger partial charge >= 0.3 is 0 Å². The van der Waals surface area contributed by atoms with Crippen LogP contribution in [0, 0.1) is 19.7 Å². The molecule has 4 rings (SSSR count). The third kappa shape index (κ3) is 3.70. The van der Waals surface area contributed by atoms with E-state index in [9.17, 15) is 18.0 Å². The first-order chi connectivity index (χ1) is 15.2. The van der Waals surface area contributed by atoms with Crippen molar-refractivity contribution in [2.45, 2.75) is 33.2 Å². The maximum absolute atomic E-state index is 14.6. The summed E-state index contributed by atoms with van der Waals surface area (Å²) in [4.78, 5) is 12.5. The summed E-state index contributed by atoms with van der Waals surface area (Å²) < 4.78 is 43.5. The van der Waals surface area contributed by atoms with Crippen molar-refractivity contribution in [1.29, 1.82) is 0 Å². The third-order valence-electron chi connectivity index (χ3n) is 5.12. The Morgan fingerprint density at radius 1 is 1.06 bits per heavy atom. The molecule has 1 aromatic carbocycles. The Morgan fingerprint density at radius 2 is 1.78 bits per heavy atom. The van der Waals surface area contributed by atoms with E-state index in [0.29, 0.717) is 11.2 Å². The fourth-order valence-corrected chi connectivity index (χ4v) is 3.55. The summed E-state index contributed by atoms with van der Waals surface area (Å²) in [6, 6.07) is 6.59. The number of halogens is 3. The van der Waals surface area contributed by atoms with Crippen molar-refractivity contribution < 1.29 is 13.2 Å². The zero-order valence-electron chi connectivity index (χ0n) is 17.8. The van der Waals surface area contributed by atoms with E-state index in [2.05, 4.69) is 25.7 Å². The molecule has 8 nitrogen and oxygen atoms in total. The lowest BCUT2D eigenvalue weighted by molar-refractivity contribution is 0.146. The van der Waals surface area contributed by atoms with Crippen LogP contribution in [0.3, 0.4) is 0 Å². The number of fused-ring (bicyclic) bond motifs is 1. The fraction of sp³-hybridized carbons (Fsp3) is 0.286. The number of benzene rings is 1. The van der Waals surface area contributed by atoms with Gasteiger partial charge in [-0.05, 0) is 32.9 Å². The van der Waals surface area contributed by atoms with Gasteiger partial charge < -0.3 is 5.32 Å². The minimum Gasteiger partial charge on any atom is -0.361 e. The largest absolute Gasteiger partial charge is 0.361 e. The van der Waals surface area contributed by atoms with Crippen LogP contribution in [0.15, 0.2) is 35.1 Å². The molecule has 32 heavy (non-hydrogen) atoms. The van der Waals surface area contributed by atoms with E-state index >= 15 is 0 Å². The van der Waals surface area contributed by atoms with Crippen LogP contribution < -0.4 is 10.9 Å². The Kier molecular flexibility index (Phi) is 5.41. The molecule has 0 aliphatic rings. The van der Waals surface area contributed by atoms with E-state index < -0.39 is 29.4 Å². The highest BCUT2D eigenvalue weighted by Crippen LogP contribution is 2.30. The van der Waals surface area contributed by atoms with Crippen LogP contribution in [0.2, 0.25) is 0 Å². The lowest BCUT2D eigenvalue weighted by Crippen LogP contribution is -2.24. The monoisotopic (exact) mass is 443 g/mol. The number of nitrogens with one attached hydrogen (secondary N) is 1. The maximum Gasteiger partial charge on any atom is 0.295 e. The molecule has 11 heteroatoms. The number of aromatic nitrogens is 6. The smallest absolute Gasteiger partial charge is 0.295 e. The molecule has 166 valence electrons. The molecular weight excluding hydrogens is 423 g/mol. The zero-order chi connectivity index (χ0) is 23.2. The molecule has 3 heterocycles. The van der Waals surface area contributed by atoms with Crippen molar-refractivity contribution >= 4 is 16.7 Å². The van der Waals surface area contributed by atoms with Gasteiger partial charge in [-0.2, -0.15) is 10.2 Å². The Bertz CT molecular complexity index is 1380. The predicted molar refractivity (Wildman–Crippen MR) is 113 cm³/mol. The first kappa shape index (κ1) is 21.5. The van der Waals surface area contributed by atoms with Gasteiger partial charge in [0, 0.05) is 18.3 Å². The molecule has 0 saturated heterocycles. The zero-order valence-corrected chi connectivity index (χ0v) is 17.8. The summed E-state index contributed by atoms with van der Waals surface area (Å²) in [5.41, 5.74) is 0.579. The van der Waals surface area contributed by atoms with Crippen LogP contribution in [0.4, 0.5) is 19.0 Å². The van der Waals surface area contributed by atoms with Gasteiger partial charge in [0.2, 0.25) is 0 Å². The topological polar surface area (TPSA) is 90.5 Å². The number of aryl methyl sites for hydroxylation is 3. The van der Waals surface area contributed by atoms with Crippen LogP contribution in [-0.2, 0) is 7.05 Å². The second-order valence-corrected chi connectivity index (χ2v) is 7.50. The van der Waals surface area contributed by atoms with Gasteiger partial charge in [-0.25, -0.2) is 22.5 Å². The maximum atomic E-state index is 14.6. The Labute approximate surface area is 180 Å². The van der Waals surface area contributed by atoms with Gasteiger partial charge in [0.05, 0.1) is 22.7 Å². The summed E-state index contributed by atoms with van der Waals surface area (Å²) in [7, 11) is 1.45. The minimum absolute atomic E-state index is 0.0485. The second kappa shape index (κ2) is 8.06. The average Bonchev–Trinajstić information content (AvgIpc) is 3.09. The van der Waals surface area contributed by atoms with E-state index in [4.69, 9.17) is 0 Å². The highest BCUT2D eigenvalue weighted by atomic mass is 19.3. The van der Waals surface area contributed by atoms with Crippen LogP contribution in [-0.4, -0.2) is 29.8 Å². The lowest BCUT2D eigenvalue weighted by Gasteiger charge is -2.18. The normalized spacial score (nSPS) is 12.5. The quantitative estimate of drug-likeness (QED) is 0.505. The van der Waals surface area contributed by atoms with Crippen molar-refractivity contribution in [1.82, 2.24) is 29.8 Å². The molecule has 0 aliphatic carbocycles. The van der Waals surface area contributed by atoms with Crippen LogP contribution in [0.5, 0.6) is 0 Å². The molecule has 0 saturated carbocycles. The standard InChI is InChI=1S/C21H20F3N7O/c1-10-8-11(2)31(28-10)16-9-15-18(27-26-16)21(32)30(4)29-20(15)25-12(3)13-6-5-7-14(17(13)22)19(23)24/h5-9,12,19H,1-4H3,(H,25,29)/t12-/m1/s1. The van der Waals surface area contributed by atoms with Gasteiger partial charge in [0.1, 0.15) is 5.82 Å². The SMILES string of the molecule is Cc1cc(C)n(-c2cc3c(N[C@H](C)c4cccc(C(F)F)c4F)nn(C)c(=O)c3nn2)n1. The minimum atomic E-state index is -2.93. The van der Waals surface area contributed by atoms with E-state index in [-0.39, 0.29) is 16.9 Å². The molecule has 0 unspecified atom stereocenters. The Hall–Kier alpha value is -3.76. The highest BCUT2D eigenvalue weighted by molar-refractivity contribution is 5.89. The number of hydrogen-bond donors (Lipinski definition) is 1. The first-order valence-electron chi connectivity index (χ1n) is 9.78. The second-order valence-electron chi connectivity index (χ2n) is 7.50. The lowest BCUT2D eigenvalue weighted by atomic mass is 10.0. The summed E-state index contributed by atoms with van der Waals surface area (Å²) in [5.74, 6) is -0.381. The Balaban J connectivity index is 1.82. The molecule has 0 amide bonds. The van der Waals surface area contributed by atoms with Crippen LogP contribution in [0.1, 0.15) is 41.9 Å². The van der Waals surface area contributed by atoms with E-state index in [0.717, 1.165) is 22.1 Å². The Morgan fingerprint density at radius 3 is 2.44 bits per heavy atom. The van der Waals surface area contributed by atoms with Gasteiger partial charge in [-0.3, -0.25) is 4.79 Å². The van der Waals surface area contributed by atoms with Gasteiger partial charge in [0.25, 0.3) is 12.0 Å². The number of nitrogens with zero attached hydrogens (tertiary/aromatic N) is 6. The molecule has 1 N–H and O–H groups in total. The van der Waals surface area contributed by atoms with E-state index in [1.165, 1.54) is 19.2 Å². The number of rotatable bonds is 5. The van der Waals surface area contributed by atoms with Gasteiger partial charge in [0.15, 0.2) is 17.2 Å². The highest BCUT2D eigenvalue weighted by Gasteiger charge is 2.21. The molecule has 1 atom stereocenters. The van der Waals surface area contributed by atoms with E-state index in [1.807, 2.05) is 19.9 Å². The van der Waals surface area contributed by atoms with Crippen molar-refractivity contribution in [3.8, 4) is 5.82 Å². The van der Waals surface area contributed by atoms with Crippen molar-refractivity contribution in [3.63, 3.8) is 0 Å². The van der Waals surface area contributed by atoms with Gasteiger partial charge in [-0.15, -0.1) is 10.2 Å². The van der Waals surface area contributed by atoms with Crippen molar-refractivity contribution in [2.75, 3.05) is 5.32 Å². The van der Waals surface area contributed by atoms with E-state index in [1.54, 1.807) is 17.7 Å². The fourth-order valence-electron chi connectivity index (χ4n) is 3.55. The van der Waals surface area contributed by atoms with Crippen LogP contribution >= 0.6 is 0 Å². The summed E-state index contributed by atoms with van der Waals surface area (Å²) in [5, 5.41) is 20.2. The number of alkyl halides is 2. The number of anilines is 1. The molecule has 4 aromatic rings. The number of hydrogen-bond acceptors (Lipinski definition) is 6. The third-order valence-corrected chi connectivity index (χ3v) is 5.12. The predicted octanol–water partition coefficient (Wildman–Crippen LogP) is 3.78. The summed E-state index contributed by atoms with van der Waals surface area (Å²) in [6.07, 6.45) is -2.93. The first-order valence-corrected chi connectivity index (χ1v) is 9.78. The summed E-state index contributed by atoms with van der Waals surface area (Å²) in [6.45, 7) is 5.31.